The molecule has 10 heavy (non-hydrogen) atoms. The van der Waals surface area contributed by atoms with Crippen molar-refractivity contribution in [1.29, 1.82) is 5.41 Å². The van der Waals surface area contributed by atoms with E-state index >= 15 is 0 Å². The fourth-order valence-corrected chi connectivity index (χ4v) is 0.759. The van der Waals surface area contributed by atoms with Crippen LogP contribution in [0.15, 0.2) is 23.3 Å². The van der Waals surface area contributed by atoms with Crippen LogP contribution in [0, 0.1) is 5.41 Å². The quantitative estimate of drug-likeness (QED) is 0.457. The molecule has 0 heterocycles. The first-order valence-corrected chi connectivity index (χ1v) is 3.47. The second kappa shape index (κ2) is 4.98. The van der Waals surface area contributed by atoms with Gasteiger partial charge in [0.05, 0.1) is 0 Å². The molecular formula is C9H15N. The monoisotopic (exact) mass is 137 g/mol. The van der Waals surface area contributed by atoms with E-state index in [1.165, 1.54) is 17.4 Å². The third-order valence-electron chi connectivity index (χ3n) is 1.07. The largest absolute Gasteiger partial charge is 0.313 e. The minimum Gasteiger partial charge on any atom is -0.313 e. The van der Waals surface area contributed by atoms with Crippen LogP contribution in [0.3, 0.4) is 0 Å². The van der Waals surface area contributed by atoms with Gasteiger partial charge in [-0.3, -0.25) is 0 Å². The van der Waals surface area contributed by atoms with E-state index in [1.807, 2.05) is 6.08 Å². The zero-order chi connectivity index (χ0) is 7.98. The van der Waals surface area contributed by atoms with Gasteiger partial charge in [-0.15, -0.1) is 0 Å². The molecular weight excluding hydrogens is 122 g/mol. The third-order valence-corrected chi connectivity index (χ3v) is 1.07. The molecule has 0 aliphatic rings. The van der Waals surface area contributed by atoms with Crippen molar-refractivity contribution in [2.75, 3.05) is 0 Å². The van der Waals surface area contributed by atoms with E-state index in [0.29, 0.717) is 0 Å². The predicted molar refractivity (Wildman–Crippen MR) is 46.6 cm³/mol. The topological polar surface area (TPSA) is 23.9 Å². The van der Waals surface area contributed by atoms with E-state index in [2.05, 4.69) is 26.8 Å². The van der Waals surface area contributed by atoms with E-state index in [-0.39, 0.29) is 0 Å². The van der Waals surface area contributed by atoms with E-state index in [9.17, 15) is 0 Å². The molecule has 0 saturated heterocycles. The van der Waals surface area contributed by atoms with Crippen molar-refractivity contribution < 1.29 is 0 Å². The van der Waals surface area contributed by atoms with E-state index in [4.69, 9.17) is 5.41 Å². The molecule has 56 valence electrons. The lowest BCUT2D eigenvalue weighted by Gasteiger charge is -1.91. The molecule has 0 rings (SSSR count). The maximum Gasteiger partial charge on any atom is 0.000554 e. The molecule has 0 saturated carbocycles. The predicted octanol–water partition coefficient (Wildman–Crippen LogP) is 2.94. The van der Waals surface area contributed by atoms with Crippen molar-refractivity contribution in [1.82, 2.24) is 0 Å². The highest BCUT2D eigenvalue weighted by Crippen LogP contribution is 2.00. The van der Waals surface area contributed by atoms with Crippen molar-refractivity contribution in [2.45, 2.75) is 27.2 Å². The van der Waals surface area contributed by atoms with Crippen LogP contribution in [0.5, 0.6) is 0 Å². The van der Waals surface area contributed by atoms with Crippen LogP contribution >= 0.6 is 0 Å². The van der Waals surface area contributed by atoms with Crippen LogP contribution in [0.2, 0.25) is 0 Å². The Kier molecular flexibility index (Phi) is 4.55. The van der Waals surface area contributed by atoms with E-state index in [0.717, 1.165) is 6.42 Å². The summed E-state index contributed by atoms with van der Waals surface area (Å²) in [5.41, 5.74) is 2.54. The molecule has 0 bridgehead atoms. The maximum absolute atomic E-state index is 6.79. The van der Waals surface area contributed by atoms with Crippen LogP contribution in [0.1, 0.15) is 27.2 Å². The van der Waals surface area contributed by atoms with Crippen LogP contribution in [-0.2, 0) is 0 Å². The average molecular weight is 137 g/mol. The smallest absolute Gasteiger partial charge is 0.000554 e. The first kappa shape index (κ1) is 9.15. The molecule has 0 aliphatic heterocycles. The lowest BCUT2D eigenvalue weighted by Crippen LogP contribution is -1.73. The summed E-state index contributed by atoms with van der Waals surface area (Å²) in [4.78, 5) is 0. The van der Waals surface area contributed by atoms with Crippen molar-refractivity contribution in [3.63, 3.8) is 0 Å². The normalized spacial score (nSPS) is 10.9. The van der Waals surface area contributed by atoms with Gasteiger partial charge in [0.1, 0.15) is 0 Å². The van der Waals surface area contributed by atoms with Gasteiger partial charge in [0.2, 0.25) is 0 Å². The van der Waals surface area contributed by atoms with Gasteiger partial charge in [-0.25, -0.2) is 0 Å². The molecule has 0 fully saturated rings. The summed E-state index contributed by atoms with van der Waals surface area (Å²) in [6, 6.07) is 0. The average Bonchev–Trinajstić information content (AvgIpc) is 1.82. The Bertz CT molecular complexity index is 160. The molecule has 0 spiro atoms. The van der Waals surface area contributed by atoms with Crippen LogP contribution in [-0.4, -0.2) is 6.21 Å². The summed E-state index contributed by atoms with van der Waals surface area (Å²) in [7, 11) is 0. The van der Waals surface area contributed by atoms with Gasteiger partial charge in [0.25, 0.3) is 0 Å². The number of nitrogens with one attached hydrogen (secondary N) is 1. The number of allylic oxidation sites excluding steroid dienone is 4. The zero-order valence-electron chi connectivity index (χ0n) is 6.94. The Morgan fingerprint density at radius 3 is 2.30 bits per heavy atom. The van der Waals surface area contributed by atoms with Crippen LogP contribution in [0.4, 0.5) is 0 Å². The zero-order valence-corrected chi connectivity index (χ0v) is 6.94. The fourth-order valence-electron chi connectivity index (χ4n) is 0.759. The summed E-state index contributed by atoms with van der Waals surface area (Å²) >= 11 is 0. The second-order valence-electron chi connectivity index (χ2n) is 2.61. The summed E-state index contributed by atoms with van der Waals surface area (Å²) in [5, 5.41) is 6.79. The Morgan fingerprint density at radius 2 is 1.90 bits per heavy atom. The molecule has 0 aliphatic carbocycles. The van der Waals surface area contributed by atoms with Gasteiger partial charge in [-0.05, 0) is 27.0 Å². The molecule has 0 atom stereocenters. The Labute approximate surface area is 63.0 Å². The lowest BCUT2D eigenvalue weighted by atomic mass is 10.2. The second-order valence-corrected chi connectivity index (χ2v) is 2.61. The lowest BCUT2D eigenvalue weighted by molar-refractivity contribution is 1.32. The van der Waals surface area contributed by atoms with Crippen molar-refractivity contribution >= 4 is 6.21 Å². The molecule has 0 aromatic carbocycles. The first-order chi connectivity index (χ1) is 4.66. The fraction of sp³-hybridized carbons (Fsp3) is 0.444. The SMILES string of the molecule is CC(C)=C/C(C)=C\CC=N. The maximum atomic E-state index is 6.79. The van der Waals surface area contributed by atoms with Gasteiger partial charge in [-0.1, -0.05) is 23.3 Å². The molecule has 0 aromatic heterocycles. The highest BCUT2D eigenvalue weighted by molar-refractivity contribution is 5.55. The summed E-state index contributed by atoms with van der Waals surface area (Å²) in [5.74, 6) is 0. The first-order valence-electron chi connectivity index (χ1n) is 3.47. The van der Waals surface area contributed by atoms with Gasteiger partial charge in [-0.2, -0.15) is 0 Å². The van der Waals surface area contributed by atoms with Crippen molar-refractivity contribution in [2.24, 2.45) is 0 Å². The van der Waals surface area contributed by atoms with Crippen molar-refractivity contribution in [3.05, 3.63) is 23.3 Å². The highest BCUT2D eigenvalue weighted by atomic mass is 14.3. The van der Waals surface area contributed by atoms with Crippen LogP contribution < -0.4 is 0 Å². The van der Waals surface area contributed by atoms with Gasteiger partial charge < -0.3 is 5.41 Å². The number of hydrogen-bond acceptors (Lipinski definition) is 1. The van der Waals surface area contributed by atoms with E-state index < -0.39 is 0 Å². The minimum absolute atomic E-state index is 0.746. The molecule has 0 aromatic rings. The standard InChI is InChI=1S/C9H15N/c1-8(2)7-9(3)5-4-6-10/h5-7,10H,4H2,1-3H3/b9-5-,10-6?. The van der Waals surface area contributed by atoms with Crippen molar-refractivity contribution in [3.8, 4) is 0 Å². The Morgan fingerprint density at radius 1 is 1.30 bits per heavy atom. The van der Waals surface area contributed by atoms with Gasteiger partial charge >= 0.3 is 0 Å². The summed E-state index contributed by atoms with van der Waals surface area (Å²) < 4.78 is 0. The van der Waals surface area contributed by atoms with E-state index in [1.54, 1.807) is 0 Å². The molecule has 0 amide bonds. The number of hydrogen-bond donors (Lipinski definition) is 1. The molecule has 0 radical (unpaired) electrons. The van der Waals surface area contributed by atoms with Crippen LogP contribution in [0.25, 0.3) is 0 Å². The molecule has 1 heteroatoms. The highest BCUT2D eigenvalue weighted by Gasteiger charge is 1.80. The van der Waals surface area contributed by atoms with Gasteiger partial charge in [0.15, 0.2) is 0 Å². The Balaban J connectivity index is 3.94. The van der Waals surface area contributed by atoms with Gasteiger partial charge in [0, 0.05) is 6.42 Å². The molecule has 0 unspecified atom stereocenters. The minimum atomic E-state index is 0.746. The molecule has 1 N–H and O–H groups in total. The number of rotatable bonds is 3. The summed E-state index contributed by atoms with van der Waals surface area (Å²) in [6.45, 7) is 6.19. The molecule has 1 nitrogen and oxygen atoms in total. The Hall–Kier alpha value is -0.850. The third kappa shape index (κ3) is 5.29. The summed E-state index contributed by atoms with van der Waals surface area (Å²) in [6.07, 6.45) is 6.31.